The van der Waals surface area contributed by atoms with E-state index in [2.05, 4.69) is 5.16 Å². The SMILES string of the molecule is COC(Oc1ccc(C(F)(F)F)cc1Cl)C(=NO)c1ccccc1[N+](=O)[O-]. The molecule has 0 bridgehead atoms. The number of halogens is 4. The van der Waals surface area contributed by atoms with Gasteiger partial charge in [-0.25, -0.2) is 0 Å². The minimum atomic E-state index is -4.59. The number of benzene rings is 2. The van der Waals surface area contributed by atoms with Gasteiger partial charge in [0.1, 0.15) is 5.75 Å². The van der Waals surface area contributed by atoms with Crippen molar-refractivity contribution in [3.05, 3.63) is 68.7 Å². The van der Waals surface area contributed by atoms with Crippen molar-refractivity contribution in [3.8, 4) is 5.75 Å². The van der Waals surface area contributed by atoms with Crippen molar-refractivity contribution in [2.24, 2.45) is 5.16 Å². The lowest BCUT2D eigenvalue weighted by Crippen LogP contribution is -2.31. The van der Waals surface area contributed by atoms with E-state index >= 15 is 0 Å². The Balaban J connectivity index is 2.38. The van der Waals surface area contributed by atoms with Gasteiger partial charge in [-0.05, 0) is 24.3 Å². The second-order valence-electron chi connectivity index (χ2n) is 5.09. The number of rotatable bonds is 6. The normalized spacial score (nSPS) is 13.3. The van der Waals surface area contributed by atoms with Gasteiger partial charge in [0.2, 0.25) is 6.29 Å². The number of oxime groups is 1. The van der Waals surface area contributed by atoms with Crippen LogP contribution in [0.5, 0.6) is 5.75 Å². The summed E-state index contributed by atoms with van der Waals surface area (Å²) in [6.07, 6.45) is -6.07. The summed E-state index contributed by atoms with van der Waals surface area (Å²) in [4.78, 5) is 10.5. The molecule has 144 valence electrons. The molecule has 0 amide bonds. The van der Waals surface area contributed by atoms with Gasteiger partial charge in [0.25, 0.3) is 5.69 Å². The van der Waals surface area contributed by atoms with Gasteiger partial charge in [-0.15, -0.1) is 0 Å². The van der Waals surface area contributed by atoms with Gasteiger partial charge < -0.3 is 14.7 Å². The molecule has 27 heavy (non-hydrogen) atoms. The van der Waals surface area contributed by atoms with E-state index in [4.69, 9.17) is 21.1 Å². The Hall–Kier alpha value is -2.85. The molecule has 0 aliphatic carbocycles. The zero-order chi connectivity index (χ0) is 20.2. The lowest BCUT2D eigenvalue weighted by molar-refractivity contribution is -0.385. The molecule has 0 saturated carbocycles. The van der Waals surface area contributed by atoms with Gasteiger partial charge in [-0.2, -0.15) is 13.2 Å². The Kier molecular flexibility index (Phi) is 6.24. The Morgan fingerprint density at radius 3 is 2.48 bits per heavy atom. The number of hydrogen-bond donors (Lipinski definition) is 1. The number of alkyl halides is 3. The largest absolute Gasteiger partial charge is 0.457 e. The fraction of sp³-hybridized carbons (Fsp3) is 0.188. The third-order valence-electron chi connectivity index (χ3n) is 3.41. The fourth-order valence-corrected chi connectivity index (χ4v) is 2.41. The molecular formula is C16H12ClF3N2O5. The summed E-state index contributed by atoms with van der Waals surface area (Å²) in [6.45, 7) is 0. The maximum absolute atomic E-state index is 12.7. The molecule has 1 unspecified atom stereocenters. The van der Waals surface area contributed by atoms with E-state index in [9.17, 15) is 28.5 Å². The summed E-state index contributed by atoms with van der Waals surface area (Å²) in [6, 6.07) is 7.72. The third kappa shape index (κ3) is 4.66. The zero-order valence-electron chi connectivity index (χ0n) is 13.6. The van der Waals surface area contributed by atoms with Gasteiger partial charge in [-0.3, -0.25) is 10.1 Å². The summed E-state index contributed by atoms with van der Waals surface area (Å²) in [7, 11) is 1.16. The molecule has 2 aromatic carbocycles. The van der Waals surface area contributed by atoms with E-state index in [1.165, 1.54) is 24.3 Å². The summed E-state index contributed by atoms with van der Waals surface area (Å²) in [5.74, 6) is -0.198. The van der Waals surface area contributed by atoms with Crippen molar-refractivity contribution < 1.29 is 32.8 Å². The average Bonchev–Trinajstić information content (AvgIpc) is 2.62. The number of para-hydroxylation sites is 1. The van der Waals surface area contributed by atoms with Crippen molar-refractivity contribution in [3.63, 3.8) is 0 Å². The van der Waals surface area contributed by atoms with Gasteiger partial charge in [0.15, 0.2) is 5.71 Å². The molecule has 0 aliphatic rings. The lowest BCUT2D eigenvalue weighted by Gasteiger charge is -2.19. The molecule has 0 heterocycles. The number of nitro benzene ring substituents is 1. The molecule has 0 spiro atoms. The third-order valence-corrected chi connectivity index (χ3v) is 3.71. The summed E-state index contributed by atoms with van der Waals surface area (Å²) in [5.41, 5.74) is -1.82. The van der Waals surface area contributed by atoms with Gasteiger partial charge in [-0.1, -0.05) is 28.9 Å². The number of hydrogen-bond acceptors (Lipinski definition) is 6. The highest BCUT2D eigenvalue weighted by Gasteiger charge is 2.32. The van der Waals surface area contributed by atoms with Crippen LogP contribution in [0.1, 0.15) is 11.1 Å². The van der Waals surface area contributed by atoms with E-state index in [1.54, 1.807) is 0 Å². The summed E-state index contributed by atoms with van der Waals surface area (Å²) in [5, 5.41) is 23.1. The van der Waals surface area contributed by atoms with E-state index < -0.39 is 23.0 Å². The monoisotopic (exact) mass is 404 g/mol. The molecule has 2 aromatic rings. The smallest absolute Gasteiger partial charge is 0.416 e. The Labute approximate surface area is 155 Å². The highest BCUT2D eigenvalue weighted by atomic mass is 35.5. The van der Waals surface area contributed by atoms with E-state index in [0.29, 0.717) is 6.07 Å². The first kappa shape index (κ1) is 20.5. The second-order valence-corrected chi connectivity index (χ2v) is 5.50. The van der Waals surface area contributed by atoms with Crippen LogP contribution in [0.15, 0.2) is 47.6 Å². The number of nitro groups is 1. The van der Waals surface area contributed by atoms with Crippen LogP contribution in [-0.2, 0) is 10.9 Å². The maximum Gasteiger partial charge on any atom is 0.416 e. The number of ether oxygens (including phenoxy) is 2. The van der Waals surface area contributed by atoms with Crippen LogP contribution in [0.25, 0.3) is 0 Å². The first-order valence-electron chi connectivity index (χ1n) is 7.21. The predicted molar refractivity (Wildman–Crippen MR) is 89.3 cm³/mol. The van der Waals surface area contributed by atoms with Crippen LogP contribution in [0.2, 0.25) is 5.02 Å². The van der Waals surface area contributed by atoms with Crippen molar-refractivity contribution in [2.75, 3.05) is 7.11 Å². The molecule has 7 nitrogen and oxygen atoms in total. The fourth-order valence-electron chi connectivity index (χ4n) is 2.18. The highest BCUT2D eigenvalue weighted by Crippen LogP contribution is 2.35. The van der Waals surface area contributed by atoms with E-state index in [0.717, 1.165) is 19.2 Å². The quantitative estimate of drug-likeness (QED) is 0.251. The first-order valence-corrected chi connectivity index (χ1v) is 7.58. The molecule has 11 heteroatoms. The molecule has 0 aliphatic heterocycles. The molecule has 0 saturated heterocycles. The van der Waals surface area contributed by atoms with Gasteiger partial charge in [0, 0.05) is 13.2 Å². The molecule has 0 fully saturated rings. The minimum absolute atomic E-state index is 0.0973. The van der Waals surface area contributed by atoms with Crippen LogP contribution in [-0.4, -0.2) is 29.2 Å². The Morgan fingerprint density at radius 2 is 1.96 bits per heavy atom. The average molecular weight is 405 g/mol. The molecular weight excluding hydrogens is 393 g/mol. The summed E-state index contributed by atoms with van der Waals surface area (Å²) < 4.78 is 48.5. The molecule has 0 aromatic heterocycles. The predicted octanol–water partition coefficient (Wildman–Crippen LogP) is 4.50. The molecule has 1 N–H and O–H groups in total. The number of nitrogens with zero attached hydrogens (tertiary/aromatic N) is 2. The van der Waals surface area contributed by atoms with Gasteiger partial charge >= 0.3 is 6.18 Å². The first-order chi connectivity index (χ1) is 12.7. The van der Waals surface area contributed by atoms with Crippen LogP contribution in [0.3, 0.4) is 0 Å². The zero-order valence-corrected chi connectivity index (χ0v) is 14.4. The number of methoxy groups -OCH3 is 1. The van der Waals surface area contributed by atoms with Crippen LogP contribution in [0.4, 0.5) is 18.9 Å². The van der Waals surface area contributed by atoms with Crippen molar-refractivity contribution in [2.45, 2.75) is 12.5 Å². The topological polar surface area (TPSA) is 94.2 Å². The molecule has 2 rings (SSSR count). The Morgan fingerprint density at radius 1 is 1.30 bits per heavy atom. The van der Waals surface area contributed by atoms with Gasteiger partial charge in [0.05, 0.1) is 21.1 Å². The van der Waals surface area contributed by atoms with Crippen LogP contribution < -0.4 is 4.74 Å². The second kappa shape index (κ2) is 8.23. The molecule has 0 radical (unpaired) electrons. The van der Waals surface area contributed by atoms with Crippen molar-refractivity contribution >= 4 is 23.0 Å². The van der Waals surface area contributed by atoms with Crippen LogP contribution >= 0.6 is 11.6 Å². The standard InChI is InChI=1S/C16H12ClF3N2O5/c1-26-15(14(21-23)10-4-2-3-5-12(10)22(24)25)27-13-7-6-9(8-11(13)17)16(18,19)20/h2-8,15,23H,1H3. The highest BCUT2D eigenvalue weighted by molar-refractivity contribution is 6.32. The Bertz CT molecular complexity index is 873. The minimum Gasteiger partial charge on any atom is -0.457 e. The summed E-state index contributed by atoms with van der Waals surface area (Å²) >= 11 is 5.82. The van der Waals surface area contributed by atoms with Crippen molar-refractivity contribution in [1.82, 2.24) is 0 Å². The van der Waals surface area contributed by atoms with Crippen molar-refractivity contribution in [1.29, 1.82) is 0 Å². The lowest BCUT2D eigenvalue weighted by atomic mass is 10.1. The van der Waals surface area contributed by atoms with Crippen LogP contribution in [0, 0.1) is 10.1 Å². The molecule has 1 atom stereocenters. The maximum atomic E-state index is 12.7. The van der Waals surface area contributed by atoms with E-state index in [-0.39, 0.29) is 27.7 Å². The van der Waals surface area contributed by atoms with E-state index in [1.807, 2.05) is 0 Å².